The molecule has 8 heteroatoms. The minimum absolute atomic E-state index is 0.0345. The lowest BCUT2D eigenvalue weighted by Crippen LogP contribution is -2.58. The number of guanidine groups is 2. The molecule has 1 spiro atoms. The SMILES string of the molecule is CN1C(=O)COc2cc(N3C(N)=NC(N)=NC34CCCCC4)ccc21. The Morgan fingerprint density at radius 1 is 1.20 bits per heavy atom. The van der Waals surface area contributed by atoms with Gasteiger partial charge in [-0.15, -0.1) is 0 Å². The summed E-state index contributed by atoms with van der Waals surface area (Å²) in [5.74, 6) is 1.16. The van der Waals surface area contributed by atoms with Crippen LogP contribution in [0.2, 0.25) is 0 Å². The fourth-order valence-corrected chi connectivity index (χ4v) is 3.90. The average Bonchev–Trinajstić information content (AvgIpc) is 2.58. The molecule has 1 amide bonds. The fourth-order valence-electron chi connectivity index (χ4n) is 3.90. The maximum absolute atomic E-state index is 11.8. The number of ether oxygens (including phenoxy) is 1. The van der Waals surface area contributed by atoms with Crippen molar-refractivity contribution < 1.29 is 9.53 Å². The van der Waals surface area contributed by atoms with E-state index in [0.717, 1.165) is 37.1 Å². The summed E-state index contributed by atoms with van der Waals surface area (Å²) >= 11 is 0. The van der Waals surface area contributed by atoms with E-state index in [4.69, 9.17) is 16.2 Å². The van der Waals surface area contributed by atoms with Crippen LogP contribution in [-0.4, -0.2) is 37.1 Å². The molecule has 0 unspecified atom stereocenters. The summed E-state index contributed by atoms with van der Waals surface area (Å²) in [6.07, 6.45) is 5.07. The number of carbonyl (C=O) groups excluding carboxylic acids is 1. The fraction of sp³-hybridized carbons (Fsp3) is 0.471. The third-order valence-electron chi connectivity index (χ3n) is 5.14. The Balaban J connectivity index is 1.77. The number of likely N-dealkylation sites (N-methyl/N-ethyl adjacent to an activating group) is 1. The number of fused-ring (bicyclic) bond motifs is 1. The van der Waals surface area contributed by atoms with Gasteiger partial charge < -0.3 is 21.1 Å². The summed E-state index contributed by atoms with van der Waals surface area (Å²) in [6.45, 7) is 0.0345. The molecule has 2 heterocycles. The number of benzene rings is 1. The van der Waals surface area contributed by atoms with Gasteiger partial charge in [0.15, 0.2) is 6.61 Å². The topological polar surface area (TPSA) is 110 Å². The van der Waals surface area contributed by atoms with E-state index in [1.807, 2.05) is 23.1 Å². The van der Waals surface area contributed by atoms with Crippen LogP contribution in [0.5, 0.6) is 5.75 Å². The molecule has 3 aliphatic rings. The maximum atomic E-state index is 11.8. The van der Waals surface area contributed by atoms with Crippen molar-refractivity contribution in [3.05, 3.63) is 18.2 Å². The summed E-state index contributed by atoms with van der Waals surface area (Å²) in [5, 5.41) is 0. The van der Waals surface area contributed by atoms with Gasteiger partial charge in [0.2, 0.25) is 11.9 Å². The highest BCUT2D eigenvalue weighted by atomic mass is 16.5. The summed E-state index contributed by atoms with van der Waals surface area (Å²) in [5.41, 5.74) is 13.2. The van der Waals surface area contributed by atoms with Crippen LogP contribution in [0.4, 0.5) is 11.4 Å². The summed E-state index contributed by atoms with van der Waals surface area (Å²) in [6, 6.07) is 5.69. The molecule has 132 valence electrons. The summed E-state index contributed by atoms with van der Waals surface area (Å²) in [4.78, 5) is 24.2. The molecule has 1 aromatic rings. The number of nitrogens with zero attached hydrogens (tertiary/aromatic N) is 4. The molecular formula is C17H22N6O2. The molecule has 1 fully saturated rings. The zero-order valence-electron chi connectivity index (χ0n) is 14.2. The van der Waals surface area contributed by atoms with Gasteiger partial charge in [-0.3, -0.25) is 9.69 Å². The molecule has 0 aromatic heterocycles. The van der Waals surface area contributed by atoms with Crippen molar-refractivity contribution in [2.45, 2.75) is 37.8 Å². The van der Waals surface area contributed by atoms with E-state index in [2.05, 4.69) is 9.98 Å². The second-order valence-corrected chi connectivity index (χ2v) is 6.71. The van der Waals surface area contributed by atoms with Crippen LogP contribution in [0.1, 0.15) is 32.1 Å². The number of anilines is 2. The van der Waals surface area contributed by atoms with Crippen molar-refractivity contribution in [3.8, 4) is 5.75 Å². The van der Waals surface area contributed by atoms with E-state index in [1.54, 1.807) is 11.9 Å². The Morgan fingerprint density at radius 3 is 2.72 bits per heavy atom. The summed E-state index contributed by atoms with van der Waals surface area (Å²) in [7, 11) is 1.74. The zero-order valence-corrected chi connectivity index (χ0v) is 14.2. The van der Waals surface area contributed by atoms with E-state index >= 15 is 0 Å². The van der Waals surface area contributed by atoms with E-state index < -0.39 is 5.66 Å². The Labute approximate surface area is 146 Å². The normalized spacial score (nSPS) is 22.2. The van der Waals surface area contributed by atoms with Crippen LogP contribution in [0.15, 0.2) is 28.2 Å². The van der Waals surface area contributed by atoms with Gasteiger partial charge in [-0.25, -0.2) is 4.99 Å². The Bertz CT molecular complexity index is 781. The molecule has 1 aliphatic carbocycles. The van der Waals surface area contributed by atoms with Crippen molar-refractivity contribution in [2.24, 2.45) is 21.5 Å². The second kappa shape index (κ2) is 5.65. The standard InChI is InChI=1S/C17H22N6O2/c1-22-12-6-5-11(9-13(12)25-10-14(22)24)23-16(19)20-15(18)21-17(23)7-3-2-4-8-17/h5-6,9H,2-4,7-8,10H2,1H3,(H4,18,19,20,21). The maximum Gasteiger partial charge on any atom is 0.264 e. The van der Waals surface area contributed by atoms with Crippen LogP contribution in [0.25, 0.3) is 0 Å². The van der Waals surface area contributed by atoms with E-state index in [0.29, 0.717) is 11.7 Å². The number of nitrogens with two attached hydrogens (primary N) is 2. The highest BCUT2D eigenvalue weighted by Gasteiger charge is 2.43. The van der Waals surface area contributed by atoms with Gasteiger partial charge in [0, 0.05) is 13.1 Å². The van der Waals surface area contributed by atoms with Gasteiger partial charge in [-0.2, -0.15) is 4.99 Å². The largest absolute Gasteiger partial charge is 0.481 e. The molecule has 0 saturated heterocycles. The lowest BCUT2D eigenvalue weighted by Gasteiger charge is -2.45. The molecule has 1 saturated carbocycles. The molecule has 0 bridgehead atoms. The van der Waals surface area contributed by atoms with Crippen molar-refractivity contribution in [1.82, 2.24) is 0 Å². The highest BCUT2D eigenvalue weighted by molar-refractivity contribution is 6.06. The lowest BCUT2D eigenvalue weighted by atomic mass is 9.87. The Morgan fingerprint density at radius 2 is 1.96 bits per heavy atom. The van der Waals surface area contributed by atoms with Gasteiger partial charge in [-0.05, 0) is 37.8 Å². The number of amides is 1. The first-order valence-electron chi connectivity index (χ1n) is 8.53. The first kappa shape index (κ1) is 15.7. The van der Waals surface area contributed by atoms with Gasteiger partial charge >= 0.3 is 0 Å². The number of aliphatic imine (C=N–C) groups is 2. The number of hydrogen-bond acceptors (Lipinski definition) is 7. The number of rotatable bonds is 1. The molecule has 4 rings (SSSR count). The van der Waals surface area contributed by atoms with E-state index in [-0.39, 0.29) is 18.5 Å². The Hall–Kier alpha value is -2.77. The monoisotopic (exact) mass is 342 g/mol. The predicted octanol–water partition coefficient (Wildman–Crippen LogP) is 1.15. The van der Waals surface area contributed by atoms with Crippen molar-refractivity contribution in [1.29, 1.82) is 0 Å². The second-order valence-electron chi connectivity index (χ2n) is 6.71. The van der Waals surface area contributed by atoms with Gasteiger partial charge in [0.25, 0.3) is 5.91 Å². The molecule has 1 aromatic carbocycles. The van der Waals surface area contributed by atoms with Gasteiger partial charge in [0.05, 0.1) is 11.4 Å². The van der Waals surface area contributed by atoms with Crippen LogP contribution in [-0.2, 0) is 4.79 Å². The predicted molar refractivity (Wildman–Crippen MR) is 96.9 cm³/mol. The van der Waals surface area contributed by atoms with Crippen molar-refractivity contribution in [3.63, 3.8) is 0 Å². The van der Waals surface area contributed by atoms with Crippen LogP contribution in [0, 0.1) is 0 Å². The van der Waals surface area contributed by atoms with Crippen LogP contribution >= 0.6 is 0 Å². The smallest absolute Gasteiger partial charge is 0.264 e. The molecule has 8 nitrogen and oxygen atoms in total. The van der Waals surface area contributed by atoms with Crippen molar-refractivity contribution >= 4 is 29.2 Å². The lowest BCUT2D eigenvalue weighted by molar-refractivity contribution is -0.120. The minimum Gasteiger partial charge on any atom is -0.481 e. The van der Waals surface area contributed by atoms with E-state index in [9.17, 15) is 4.79 Å². The Kier molecular flexibility index (Phi) is 3.55. The van der Waals surface area contributed by atoms with Gasteiger partial charge in [-0.1, -0.05) is 6.42 Å². The van der Waals surface area contributed by atoms with Crippen molar-refractivity contribution in [2.75, 3.05) is 23.5 Å². The number of hydrogen-bond donors (Lipinski definition) is 2. The average molecular weight is 342 g/mol. The first-order chi connectivity index (χ1) is 12.0. The number of carbonyl (C=O) groups is 1. The van der Waals surface area contributed by atoms with E-state index in [1.165, 1.54) is 6.42 Å². The van der Waals surface area contributed by atoms with Crippen LogP contribution in [0.3, 0.4) is 0 Å². The highest BCUT2D eigenvalue weighted by Crippen LogP contribution is 2.42. The molecular weight excluding hydrogens is 320 g/mol. The molecule has 2 aliphatic heterocycles. The molecule has 25 heavy (non-hydrogen) atoms. The minimum atomic E-state index is -0.487. The molecule has 0 radical (unpaired) electrons. The first-order valence-corrected chi connectivity index (χ1v) is 8.53. The van der Waals surface area contributed by atoms with Crippen LogP contribution < -0.4 is 26.0 Å². The molecule has 4 N–H and O–H groups in total. The zero-order chi connectivity index (χ0) is 17.6. The third kappa shape index (κ3) is 2.48. The molecule has 0 atom stereocenters. The quantitative estimate of drug-likeness (QED) is 0.795. The third-order valence-corrected chi connectivity index (χ3v) is 5.14. The summed E-state index contributed by atoms with van der Waals surface area (Å²) < 4.78 is 5.61. The van der Waals surface area contributed by atoms with Gasteiger partial charge in [0.1, 0.15) is 11.4 Å².